The van der Waals surface area contributed by atoms with Crippen molar-refractivity contribution in [1.82, 2.24) is 19.4 Å². The molecular weight excluding hydrogens is 402 g/mol. The van der Waals surface area contributed by atoms with Crippen LogP contribution in [-0.2, 0) is 17.8 Å². The number of imidazole rings is 1. The molecule has 170 valence electrons. The summed E-state index contributed by atoms with van der Waals surface area (Å²) in [6.45, 7) is 6.55. The van der Waals surface area contributed by atoms with E-state index >= 15 is 0 Å². The van der Waals surface area contributed by atoms with Crippen molar-refractivity contribution in [3.05, 3.63) is 36.2 Å². The highest BCUT2D eigenvalue weighted by Crippen LogP contribution is 2.18. The summed E-state index contributed by atoms with van der Waals surface area (Å²) in [5.74, 6) is -1.22. The molecule has 10 heteroatoms. The number of carboxylic acid groups (broad SMARTS) is 1. The molecule has 0 spiro atoms. The van der Waals surface area contributed by atoms with E-state index in [1.807, 2.05) is 4.57 Å². The van der Waals surface area contributed by atoms with Gasteiger partial charge in [0.15, 0.2) is 0 Å². The number of nitrogens with one attached hydrogen (secondary N) is 2. The lowest BCUT2D eigenvalue weighted by Gasteiger charge is -2.19. The zero-order valence-corrected chi connectivity index (χ0v) is 18.5. The van der Waals surface area contributed by atoms with Crippen LogP contribution in [0.1, 0.15) is 67.6 Å². The van der Waals surface area contributed by atoms with Crippen molar-refractivity contribution >= 4 is 23.7 Å². The molecule has 0 aromatic carbocycles. The van der Waals surface area contributed by atoms with E-state index in [4.69, 9.17) is 9.84 Å². The molecule has 0 aliphatic heterocycles. The van der Waals surface area contributed by atoms with Gasteiger partial charge in [-0.3, -0.25) is 10.1 Å². The van der Waals surface area contributed by atoms with Gasteiger partial charge in [-0.2, -0.15) is 0 Å². The minimum Gasteiger partial charge on any atom is -0.475 e. The summed E-state index contributed by atoms with van der Waals surface area (Å²) in [6.07, 6.45) is 7.79. The van der Waals surface area contributed by atoms with Gasteiger partial charge in [-0.25, -0.2) is 14.6 Å². The number of aromatic nitrogens is 3. The van der Waals surface area contributed by atoms with Crippen LogP contribution >= 0.6 is 0 Å². The second kappa shape index (κ2) is 10.6. The first-order valence-corrected chi connectivity index (χ1v) is 10.3. The average molecular weight is 434 g/mol. The number of rotatable bonds is 10. The van der Waals surface area contributed by atoms with Gasteiger partial charge in [0, 0.05) is 38.7 Å². The Morgan fingerprint density at radius 3 is 2.32 bits per heavy atom. The van der Waals surface area contributed by atoms with Crippen molar-refractivity contribution in [2.75, 3.05) is 12.4 Å². The van der Waals surface area contributed by atoms with Crippen LogP contribution in [0.3, 0.4) is 0 Å². The molecule has 2 heterocycles. The van der Waals surface area contributed by atoms with E-state index in [9.17, 15) is 14.4 Å². The summed E-state index contributed by atoms with van der Waals surface area (Å²) >= 11 is 0. The Morgan fingerprint density at radius 2 is 1.74 bits per heavy atom. The van der Waals surface area contributed by atoms with Crippen molar-refractivity contribution in [3.8, 4) is 0 Å². The highest BCUT2D eigenvalue weighted by Gasteiger charge is 2.18. The van der Waals surface area contributed by atoms with E-state index in [-0.39, 0.29) is 11.7 Å². The van der Waals surface area contributed by atoms with Crippen LogP contribution in [0.2, 0.25) is 0 Å². The Balaban J connectivity index is 1.86. The number of anilines is 1. The maximum atomic E-state index is 12.2. The third-order valence-corrected chi connectivity index (χ3v) is 4.46. The predicted molar refractivity (Wildman–Crippen MR) is 115 cm³/mol. The summed E-state index contributed by atoms with van der Waals surface area (Å²) in [5, 5.41) is 14.3. The van der Waals surface area contributed by atoms with E-state index in [2.05, 4.69) is 15.6 Å². The first-order valence-electron chi connectivity index (χ1n) is 10.3. The van der Waals surface area contributed by atoms with Gasteiger partial charge in [0.05, 0.1) is 5.69 Å². The second-order valence-corrected chi connectivity index (χ2v) is 8.18. The molecule has 0 saturated heterocycles. The molecule has 2 aromatic heterocycles. The molecule has 2 rings (SSSR count). The number of ether oxygens (including phenoxy) is 1. The highest BCUT2D eigenvalue weighted by atomic mass is 16.6. The van der Waals surface area contributed by atoms with Crippen molar-refractivity contribution in [2.24, 2.45) is 0 Å². The van der Waals surface area contributed by atoms with E-state index in [1.165, 1.54) is 6.20 Å². The fourth-order valence-electron chi connectivity index (χ4n) is 3.11. The molecule has 2 amide bonds. The van der Waals surface area contributed by atoms with Crippen LogP contribution in [0.25, 0.3) is 0 Å². The van der Waals surface area contributed by atoms with Gasteiger partial charge in [-0.1, -0.05) is 12.8 Å². The minimum atomic E-state index is -1.03. The SMILES string of the molecule is CNC(=O)c1cc(NC(=O)OC(C)(C)C)cn1CCCCCCn1ccnc1C(=O)O. The number of carboxylic acids is 1. The first kappa shape index (κ1) is 24.0. The number of nitrogens with zero attached hydrogens (tertiary/aromatic N) is 3. The molecule has 0 radical (unpaired) electrons. The number of carbonyl (C=O) groups excluding carboxylic acids is 2. The largest absolute Gasteiger partial charge is 0.475 e. The third-order valence-electron chi connectivity index (χ3n) is 4.46. The van der Waals surface area contributed by atoms with Crippen molar-refractivity contribution < 1.29 is 24.2 Å². The molecule has 2 aromatic rings. The first-order chi connectivity index (χ1) is 14.6. The van der Waals surface area contributed by atoms with Crippen LogP contribution in [0.5, 0.6) is 0 Å². The topological polar surface area (TPSA) is 127 Å². The van der Waals surface area contributed by atoms with E-state index < -0.39 is 17.7 Å². The molecule has 0 aliphatic carbocycles. The molecule has 0 saturated carbocycles. The maximum Gasteiger partial charge on any atom is 0.412 e. The van der Waals surface area contributed by atoms with Gasteiger partial charge >= 0.3 is 12.1 Å². The van der Waals surface area contributed by atoms with E-state index in [0.29, 0.717) is 24.5 Å². The van der Waals surface area contributed by atoms with Crippen LogP contribution in [0.15, 0.2) is 24.7 Å². The molecule has 10 nitrogen and oxygen atoms in total. The number of aromatic carboxylic acids is 1. The smallest absolute Gasteiger partial charge is 0.412 e. The lowest BCUT2D eigenvalue weighted by Crippen LogP contribution is -2.27. The lowest BCUT2D eigenvalue weighted by atomic mass is 10.2. The number of amides is 2. The molecule has 0 bridgehead atoms. The molecule has 0 fully saturated rings. The predicted octanol–water partition coefficient (Wildman–Crippen LogP) is 3.35. The van der Waals surface area contributed by atoms with Crippen molar-refractivity contribution in [1.29, 1.82) is 0 Å². The van der Waals surface area contributed by atoms with Crippen molar-refractivity contribution in [2.45, 2.75) is 65.1 Å². The number of hydrogen-bond acceptors (Lipinski definition) is 5. The quantitative estimate of drug-likeness (QED) is 0.493. The maximum absolute atomic E-state index is 12.2. The minimum absolute atomic E-state index is 0.0487. The fraction of sp³-hybridized carbons (Fsp3) is 0.524. The third kappa shape index (κ3) is 7.47. The van der Waals surface area contributed by atoms with Crippen LogP contribution in [0.4, 0.5) is 10.5 Å². The van der Waals surface area contributed by atoms with Gasteiger partial charge in [-0.15, -0.1) is 0 Å². The van der Waals surface area contributed by atoms with Crippen LogP contribution in [0, 0.1) is 0 Å². The summed E-state index contributed by atoms with van der Waals surface area (Å²) in [4.78, 5) is 39.1. The average Bonchev–Trinajstić information content (AvgIpc) is 3.29. The number of hydrogen-bond donors (Lipinski definition) is 3. The molecule has 0 atom stereocenters. The van der Waals surface area contributed by atoms with Crippen LogP contribution in [-0.4, -0.2) is 49.8 Å². The number of aryl methyl sites for hydroxylation is 2. The Kier molecular flexibility index (Phi) is 8.23. The number of unbranched alkanes of at least 4 members (excludes halogenated alkanes) is 3. The van der Waals surface area contributed by atoms with Gasteiger partial charge < -0.3 is 24.3 Å². The zero-order chi connectivity index (χ0) is 23.0. The molecule has 3 N–H and O–H groups in total. The normalized spacial score (nSPS) is 11.2. The van der Waals surface area contributed by atoms with Crippen molar-refractivity contribution in [3.63, 3.8) is 0 Å². The van der Waals surface area contributed by atoms with Gasteiger partial charge in [0.1, 0.15) is 11.3 Å². The molecule has 31 heavy (non-hydrogen) atoms. The van der Waals surface area contributed by atoms with Gasteiger partial charge in [-0.05, 0) is 39.7 Å². The summed E-state index contributed by atoms with van der Waals surface area (Å²) in [7, 11) is 1.56. The molecular formula is C21H31N5O5. The Hall–Kier alpha value is -3.30. The summed E-state index contributed by atoms with van der Waals surface area (Å²) < 4.78 is 8.69. The van der Waals surface area contributed by atoms with Gasteiger partial charge in [0.25, 0.3) is 5.91 Å². The lowest BCUT2D eigenvalue weighted by molar-refractivity contribution is 0.0633. The Bertz CT molecular complexity index is 910. The Morgan fingerprint density at radius 1 is 1.10 bits per heavy atom. The summed E-state index contributed by atoms with van der Waals surface area (Å²) in [6, 6.07) is 1.62. The number of carbonyl (C=O) groups is 3. The van der Waals surface area contributed by atoms with E-state index in [1.54, 1.807) is 50.8 Å². The highest BCUT2D eigenvalue weighted by molar-refractivity contribution is 5.95. The summed E-state index contributed by atoms with van der Waals surface area (Å²) in [5.41, 5.74) is 0.338. The fourth-order valence-corrected chi connectivity index (χ4v) is 3.11. The van der Waals surface area contributed by atoms with E-state index in [0.717, 1.165) is 25.7 Å². The van der Waals surface area contributed by atoms with Crippen LogP contribution < -0.4 is 10.6 Å². The second-order valence-electron chi connectivity index (χ2n) is 8.18. The molecule has 0 aliphatic rings. The standard InChI is InChI=1S/C21H31N5O5/c1-21(2,3)31-20(30)24-15-13-16(18(27)22-4)26(14-15)11-8-6-5-7-10-25-12-9-23-17(25)19(28)29/h9,12-14H,5-8,10-11H2,1-4H3,(H,22,27)(H,24,30)(H,28,29). The zero-order valence-electron chi connectivity index (χ0n) is 18.5. The Labute approximate surface area is 181 Å². The monoisotopic (exact) mass is 433 g/mol. The van der Waals surface area contributed by atoms with Gasteiger partial charge in [0.2, 0.25) is 5.82 Å². The molecule has 0 unspecified atom stereocenters.